The third-order valence-corrected chi connectivity index (χ3v) is 4.75. The fourth-order valence-corrected chi connectivity index (χ4v) is 2.61. The molecule has 10 heteroatoms. The van der Waals surface area contributed by atoms with Crippen LogP contribution in [0.15, 0.2) is 0 Å². The summed E-state index contributed by atoms with van der Waals surface area (Å²) < 4.78 is 74.9. The van der Waals surface area contributed by atoms with Gasteiger partial charge in [-0.3, -0.25) is 9.80 Å². The molecule has 0 aromatic rings. The van der Waals surface area contributed by atoms with Crippen molar-refractivity contribution >= 4 is 10.0 Å². The van der Waals surface area contributed by atoms with E-state index in [9.17, 15) is 26.0 Å². The van der Waals surface area contributed by atoms with Gasteiger partial charge < -0.3 is 0 Å². The van der Waals surface area contributed by atoms with Gasteiger partial charge in [0, 0.05) is 39.3 Å². The van der Waals surface area contributed by atoms with Gasteiger partial charge >= 0.3 is 12.3 Å². The molecule has 21 heavy (non-hydrogen) atoms. The van der Waals surface area contributed by atoms with Crippen LogP contribution in [-0.2, 0) is 10.0 Å². The summed E-state index contributed by atoms with van der Waals surface area (Å²) in [6.07, 6.45) is -3.65. The highest BCUT2D eigenvalue weighted by molar-refractivity contribution is 7.89. The van der Waals surface area contributed by atoms with Crippen molar-refractivity contribution in [2.45, 2.75) is 19.3 Å². The number of alkyl halides is 4. The molecular formula is C11H21F4N3O2S. The maximum atomic E-state index is 12.9. The van der Waals surface area contributed by atoms with Gasteiger partial charge in [-0.1, -0.05) is 0 Å². The Balaban J connectivity index is 2.27. The average molecular weight is 335 g/mol. The zero-order valence-corrected chi connectivity index (χ0v) is 12.7. The molecule has 0 spiro atoms. The molecule has 1 heterocycles. The van der Waals surface area contributed by atoms with E-state index in [-0.39, 0.29) is 25.4 Å². The summed E-state index contributed by atoms with van der Waals surface area (Å²) in [4.78, 5) is 3.22. The molecule has 1 fully saturated rings. The molecule has 126 valence electrons. The van der Waals surface area contributed by atoms with Gasteiger partial charge in [0.15, 0.2) is 0 Å². The summed E-state index contributed by atoms with van der Waals surface area (Å²) in [5.41, 5.74) is 0. The van der Waals surface area contributed by atoms with E-state index in [1.54, 1.807) is 0 Å². The SMILES string of the molecule is CCS(=O)(=O)NCCN1CCN(CC(F)(F)C(F)F)CC1. The van der Waals surface area contributed by atoms with Crippen molar-refractivity contribution in [3.8, 4) is 0 Å². The first-order valence-corrected chi connectivity index (χ1v) is 8.39. The summed E-state index contributed by atoms with van der Waals surface area (Å²) in [6, 6.07) is 0. The summed E-state index contributed by atoms with van der Waals surface area (Å²) in [7, 11) is -3.23. The predicted octanol–water partition coefficient (Wildman–Crippen LogP) is 0.444. The van der Waals surface area contributed by atoms with E-state index in [0.717, 1.165) is 0 Å². The molecule has 1 rings (SSSR count). The molecule has 0 unspecified atom stereocenters. The summed E-state index contributed by atoms with van der Waals surface area (Å²) in [6.45, 7) is 2.75. The standard InChI is InChI=1S/C11H21F4N3O2S/c1-2-21(19,20)16-3-4-17-5-7-18(8-6-17)9-11(14,15)10(12)13/h10,16H,2-9H2,1H3. The quantitative estimate of drug-likeness (QED) is 0.654. The highest BCUT2D eigenvalue weighted by Crippen LogP contribution is 2.24. The molecule has 0 radical (unpaired) electrons. The van der Waals surface area contributed by atoms with Gasteiger partial charge in [-0.05, 0) is 6.92 Å². The lowest BCUT2D eigenvalue weighted by atomic mass is 10.2. The molecule has 1 aliphatic rings. The number of nitrogens with one attached hydrogen (secondary N) is 1. The Labute approximate surface area is 122 Å². The molecular weight excluding hydrogens is 314 g/mol. The van der Waals surface area contributed by atoms with Gasteiger partial charge in [0.1, 0.15) is 0 Å². The second-order valence-corrected chi connectivity index (χ2v) is 7.07. The Kier molecular flexibility index (Phi) is 6.82. The van der Waals surface area contributed by atoms with Crippen LogP contribution in [0.2, 0.25) is 0 Å². The number of hydrogen-bond acceptors (Lipinski definition) is 4. The number of halogens is 4. The summed E-state index contributed by atoms with van der Waals surface area (Å²) in [5, 5.41) is 0. The van der Waals surface area contributed by atoms with E-state index in [4.69, 9.17) is 0 Å². The molecule has 1 saturated heterocycles. The van der Waals surface area contributed by atoms with Gasteiger partial charge in [0.2, 0.25) is 10.0 Å². The Morgan fingerprint density at radius 2 is 1.67 bits per heavy atom. The van der Waals surface area contributed by atoms with E-state index in [0.29, 0.717) is 19.6 Å². The van der Waals surface area contributed by atoms with E-state index < -0.39 is 28.9 Å². The van der Waals surface area contributed by atoms with Crippen LogP contribution in [0.4, 0.5) is 17.6 Å². The first-order chi connectivity index (χ1) is 9.66. The van der Waals surface area contributed by atoms with Crippen molar-refractivity contribution in [3.63, 3.8) is 0 Å². The largest absolute Gasteiger partial charge is 0.319 e. The van der Waals surface area contributed by atoms with Gasteiger partial charge in [-0.15, -0.1) is 0 Å². The van der Waals surface area contributed by atoms with Crippen LogP contribution in [0.1, 0.15) is 6.92 Å². The molecule has 0 amide bonds. The fourth-order valence-electron chi connectivity index (χ4n) is 2.00. The van der Waals surface area contributed by atoms with Crippen LogP contribution in [0, 0.1) is 0 Å². The van der Waals surface area contributed by atoms with Gasteiger partial charge in [0.05, 0.1) is 12.3 Å². The second-order valence-electron chi connectivity index (χ2n) is 4.98. The van der Waals surface area contributed by atoms with Gasteiger partial charge in [-0.25, -0.2) is 21.9 Å². The van der Waals surface area contributed by atoms with Crippen molar-refractivity contribution in [1.82, 2.24) is 14.5 Å². The molecule has 0 atom stereocenters. The van der Waals surface area contributed by atoms with Crippen LogP contribution in [0.3, 0.4) is 0 Å². The molecule has 0 aromatic heterocycles. The third-order valence-electron chi connectivity index (χ3n) is 3.35. The second kappa shape index (κ2) is 7.70. The van der Waals surface area contributed by atoms with Crippen molar-refractivity contribution in [1.29, 1.82) is 0 Å². The Morgan fingerprint density at radius 1 is 1.14 bits per heavy atom. The molecule has 1 N–H and O–H groups in total. The third kappa shape index (κ3) is 6.45. The fraction of sp³-hybridized carbons (Fsp3) is 1.00. The molecule has 0 bridgehead atoms. The van der Waals surface area contributed by atoms with Gasteiger partial charge in [-0.2, -0.15) is 8.78 Å². The van der Waals surface area contributed by atoms with E-state index in [2.05, 4.69) is 4.72 Å². The minimum absolute atomic E-state index is 0.00346. The molecule has 1 aliphatic heterocycles. The van der Waals surface area contributed by atoms with Crippen LogP contribution >= 0.6 is 0 Å². The maximum Gasteiger partial charge on any atom is 0.319 e. The highest BCUT2D eigenvalue weighted by Gasteiger charge is 2.42. The van der Waals surface area contributed by atoms with Crippen molar-refractivity contribution in [2.75, 3.05) is 51.6 Å². The van der Waals surface area contributed by atoms with Crippen molar-refractivity contribution in [2.24, 2.45) is 0 Å². The normalized spacial score (nSPS) is 19.3. The number of nitrogens with zero attached hydrogens (tertiary/aromatic N) is 2. The topological polar surface area (TPSA) is 52.7 Å². The highest BCUT2D eigenvalue weighted by atomic mass is 32.2. The zero-order chi connectivity index (χ0) is 16.1. The van der Waals surface area contributed by atoms with Gasteiger partial charge in [0.25, 0.3) is 0 Å². The van der Waals surface area contributed by atoms with Crippen molar-refractivity contribution in [3.05, 3.63) is 0 Å². The Hall–Kier alpha value is -0.450. The molecule has 0 aliphatic carbocycles. The Morgan fingerprint density at radius 3 is 2.14 bits per heavy atom. The monoisotopic (exact) mass is 335 g/mol. The van der Waals surface area contributed by atoms with Crippen molar-refractivity contribution < 1.29 is 26.0 Å². The maximum absolute atomic E-state index is 12.9. The molecule has 0 saturated carbocycles. The summed E-state index contributed by atoms with van der Waals surface area (Å²) in [5.74, 6) is -3.98. The number of rotatable bonds is 8. The lowest BCUT2D eigenvalue weighted by Crippen LogP contribution is -2.52. The number of sulfonamides is 1. The lowest BCUT2D eigenvalue weighted by Gasteiger charge is -2.36. The van der Waals surface area contributed by atoms with E-state index in [1.165, 1.54) is 11.8 Å². The number of hydrogen-bond donors (Lipinski definition) is 1. The van der Waals surface area contributed by atoms with E-state index >= 15 is 0 Å². The smallest absolute Gasteiger partial charge is 0.299 e. The molecule has 0 aromatic carbocycles. The Bertz CT molecular complexity index is 412. The molecule has 5 nitrogen and oxygen atoms in total. The van der Waals surface area contributed by atoms with E-state index in [1.807, 2.05) is 4.90 Å². The average Bonchev–Trinajstić information content (AvgIpc) is 2.40. The lowest BCUT2D eigenvalue weighted by molar-refractivity contribution is -0.144. The van der Waals surface area contributed by atoms with Crippen LogP contribution in [0.5, 0.6) is 0 Å². The summed E-state index contributed by atoms with van der Waals surface area (Å²) >= 11 is 0. The first kappa shape index (κ1) is 18.6. The first-order valence-electron chi connectivity index (χ1n) is 6.74. The van der Waals surface area contributed by atoms with Crippen LogP contribution in [0.25, 0.3) is 0 Å². The minimum atomic E-state index is -3.99. The van der Waals surface area contributed by atoms with Crippen LogP contribution in [-0.4, -0.2) is 82.1 Å². The van der Waals surface area contributed by atoms with Crippen LogP contribution < -0.4 is 4.72 Å². The zero-order valence-electron chi connectivity index (χ0n) is 11.9. The predicted molar refractivity (Wildman–Crippen MR) is 71.3 cm³/mol. The number of piperazine rings is 1. The minimum Gasteiger partial charge on any atom is -0.299 e.